The summed E-state index contributed by atoms with van der Waals surface area (Å²) >= 11 is 0. The quantitative estimate of drug-likeness (QED) is 0.203. The number of aryl methyl sites for hydroxylation is 2. The summed E-state index contributed by atoms with van der Waals surface area (Å²) in [6.45, 7) is 2.17. The molecule has 0 spiro atoms. The van der Waals surface area contributed by atoms with Gasteiger partial charge in [-0.05, 0) is 41.6 Å². The molecule has 0 amide bonds. The molecule has 3 heteroatoms. The van der Waals surface area contributed by atoms with Crippen LogP contribution in [-0.4, -0.2) is 4.98 Å². The second-order valence-corrected chi connectivity index (χ2v) is 11.2. The first kappa shape index (κ1) is 25.2. The van der Waals surface area contributed by atoms with Crippen LogP contribution in [0.3, 0.4) is 0 Å². The van der Waals surface area contributed by atoms with Crippen LogP contribution in [0.4, 0.5) is 0 Å². The maximum atomic E-state index is 6.93. The highest BCUT2D eigenvalue weighted by atomic mass is 16.3. The van der Waals surface area contributed by atoms with Gasteiger partial charge in [0.1, 0.15) is 18.2 Å². The zero-order valence-electron chi connectivity index (χ0n) is 24.1. The number of para-hydroxylation sites is 1. The molecule has 3 heterocycles. The molecule has 5 aromatic carbocycles. The summed E-state index contributed by atoms with van der Waals surface area (Å²) < 4.78 is 9.14. The van der Waals surface area contributed by atoms with Crippen LogP contribution in [0.2, 0.25) is 0 Å². The average Bonchev–Trinajstić information content (AvgIpc) is 3.44. The van der Waals surface area contributed by atoms with Gasteiger partial charge in [-0.15, -0.1) is 0 Å². The number of rotatable bonds is 4. The molecule has 0 unspecified atom stereocenters. The number of benzene rings is 5. The van der Waals surface area contributed by atoms with Crippen molar-refractivity contribution < 1.29 is 8.98 Å². The molecule has 204 valence electrons. The molecular weight excluding hydrogens is 524 g/mol. The van der Waals surface area contributed by atoms with E-state index in [1.54, 1.807) is 0 Å². The molecule has 0 atom stereocenters. The lowest BCUT2D eigenvalue weighted by atomic mass is 9.97. The van der Waals surface area contributed by atoms with Gasteiger partial charge in [0.15, 0.2) is 6.20 Å². The zero-order chi connectivity index (χ0) is 28.9. The van der Waals surface area contributed by atoms with Crippen molar-refractivity contribution in [3.05, 3.63) is 145 Å². The summed E-state index contributed by atoms with van der Waals surface area (Å²) in [4.78, 5) is 5.09. The van der Waals surface area contributed by atoms with Crippen molar-refractivity contribution in [3.8, 4) is 44.9 Å². The predicted molar refractivity (Wildman–Crippen MR) is 177 cm³/mol. The van der Waals surface area contributed by atoms with Gasteiger partial charge in [-0.1, -0.05) is 109 Å². The van der Waals surface area contributed by atoms with Gasteiger partial charge in [0.05, 0.1) is 17.0 Å². The Morgan fingerprint density at radius 3 is 1.88 bits per heavy atom. The number of hydrogen-bond donors (Lipinski definition) is 0. The molecule has 0 aliphatic rings. The minimum Gasteiger partial charge on any atom is -0.454 e. The van der Waals surface area contributed by atoms with E-state index in [-0.39, 0.29) is 0 Å². The highest BCUT2D eigenvalue weighted by Gasteiger charge is 2.23. The summed E-state index contributed by atoms with van der Waals surface area (Å²) in [6, 6.07) is 46.8. The monoisotopic (exact) mass is 553 g/mol. The fourth-order valence-corrected chi connectivity index (χ4v) is 6.24. The van der Waals surface area contributed by atoms with Gasteiger partial charge in [-0.3, -0.25) is 0 Å². The van der Waals surface area contributed by atoms with E-state index in [4.69, 9.17) is 9.40 Å². The SMILES string of the molecule is Cc1ccc2c(oc3c(-c4cc(-c5ccccc5)nc(-c5ccccc5)c4)cccc32)c1-c1cc2ccccc2c[n+]1C. The van der Waals surface area contributed by atoms with Crippen LogP contribution >= 0.6 is 0 Å². The van der Waals surface area contributed by atoms with E-state index in [0.717, 1.165) is 66.8 Å². The summed E-state index contributed by atoms with van der Waals surface area (Å²) in [5.41, 5.74) is 11.4. The molecule has 0 N–H and O–H groups in total. The third kappa shape index (κ3) is 4.29. The molecule has 0 aliphatic heterocycles. The molecule has 3 aromatic heterocycles. The van der Waals surface area contributed by atoms with Crippen LogP contribution in [0.5, 0.6) is 0 Å². The number of nitrogens with zero attached hydrogens (tertiary/aromatic N) is 2. The summed E-state index contributed by atoms with van der Waals surface area (Å²) in [6.07, 6.45) is 2.20. The van der Waals surface area contributed by atoms with Crippen LogP contribution in [0.1, 0.15) is 5.56 Å². The Balaban J connectivity index is 1.39. The van der Waals surface area contributed by atoms with Gasteiger partial charge >= 0.3 is 0 Å². The molecule has 0 saturated heterocycles. The smallest absolute Gasteiger partial charge is 0.216 e. The molecule has 0 aliphatic carbocycles. The third-order valence-corrected chi connectivity index (χ3v) is 8.41. The lowest BCUT2D eigenvalue weighted by Crippen LogP contribution is -2.30. The van der Waals surface area contributed by atoms with E-state index >= 15 is 0 Å². The van der Waals surface area contributed by atoms with Gasteiger partial charge < -0.3 is 4.42 Å². The lowest BCUT2D eigenvalue weighted by molar-refractivity contribution is -0.659. The van der Waals surface area contributed by atoms with E-state index in [2.05, 4.69) is 146 Å². The van der Waals surface area contributed by atoms with E-state index in [9.17, 15) is 0 Å². The number of furan rings is 1. The molecular formula is C40H29N2O+. The molecule has 8 aromatic rings. The van der Waals surface area contributed by atoms with Crippen molar-refractivity contribution in [2.24, 2.45) is 7.05 Å². The van der Waals surface area contributed by atoms with Crippen molar-refractivity contribution in [3.63, 3.8) is 0 Å². The van der Waals surface area contributed by atoms with E-state index < -0.39 is 0 Å². The Morgan fingerprint density at radius 2 is 1.19 bits per heavy atom. The largest absolute Gasteiger partial charge is 0.454 e. The molecule has 0 fully saturated rings. The highest BCUT2D eigenvalue weighted by molar-refractivity contribution is 6.13. The summed E-state index contributed by atoms with van der Waals surface area (Å²) in [5, 5.41) is 4.65. The first-order valence-corrected chi connectivity index (χ1v) is 14.6. The number of fused-ring (bicyclic) bond motifs is 4. The summed E-state index contributed by atoms with van der Waals surface area (Å²) in [5.74, 6) is 0. The van der Waals surface area contributed by atoms with E-state index in [0.29, 0.717) is 0 Å². The zero-order valence-corrected chi connectivity index (χ0v) is 24.1. The average molecular weight is 554 g/mol. The van der Waals surface area contributed by atoms with E-state index in [1.165, 1.54) is 16.3 Å². The second kappa shape index (κ2) is 10.1. The molecule has 43 heavy (non-hydrogen) atoms. The van der Waals surface area contributed by atoms with Gasteiger partial charge in [0.2, 0.25) is 5.69 Å². The van der Waals surface area contributed by atoms with E-state index in [1.807, 2.05) is 12.1 Å². The maximum absolute atomic E-state index is 6.93. The highest BCUT2D eigenvalue weighted by Crippen LogP contribution is 2.42. The fourth-order valence-electron chi connectivity index (χ4n) is 6.24. The van der Waals surface area contributed by atoms with Gasteiger partial charge in [-0.25, -0.2) is 9.55 Å². The van der Waals surface area contributed by atoms with Crippen LogP contribution in [-0.2, 0) is 7.05 Å². The first-order valence-electron chi connectivity index (χ1n) is 14.6. The Hall–Kier alpha value is -5.54. The topological polar surface area (TPSA) is 29.9 Å². The lowest BCUT2D eigenvalue weighted by Gasteiger charge is -2.10. The van der Waals surface area contributed by atoms with Crippen molar-refractivity contribution in [1.29, 1.82) is 0 Å². The number of aromatic nitrogens is 2. The fraction of sp³-hybridized carbons (Fsp3) is 0.0500. The van der Waals surface area contributed by atoms with Gasteiger partial charge in [-0.2, -0.15) is 0 Å². The predicted octanol–water partition coefficient (Wildman–Crippen LogP) is 9.94. The second-order valence-electron chi connectivity index (χ2n) is 11.2. The Labute approximate surface area is 250 Å². The maximum Gasteiger partial charge on any atom is 0.216 e. The minimum atomic E-state index is 0.886. The van der Waals surface area contributed by atoms with Gasteiger partial charge in [0, 0.05) is 38.9 Å². The van der Waals surface area contributed by atoms with Crippen LogP contribution < -0.4 is 4.57 Å². The Morgan fingerprint density at radius 1 is 0.558 bits per heavy atom. The third-order valence-electron chi connectivity index (χ3n) is 8.41. The van der Waals surface area contributed by atoms with Crippen LogP contribution in [0.15, 0.2) is 144 Å². The van der Waals surface area contributed by atoms with Crippen molar-refractivity contribution in [2.45, 2.75) is 6.92 Å². The van der Waals surface area contributed by atoms with Crippen LogP contribution in [0, 0.1) is 6.92 Å². The van der Waals surface area contributed by atoms with Gasteiger partial charge in [0.25, 0.3) is 0 Å². The first-order chi connectivity index (χ1) is 21.1. The molecule has 0 bridgehead atoms. The molecule has 0 saturated carbocycles. The molecule has 8 rings (SSSR count). The minimum absolute atomic E-state index is 0.886. The van der Waals surface area contributed by atoms with Crippen molar-refractivity contribution in [2.75, 3.05) is 0 Å². The Bertz CT molecular complexity index is 2240. The Kier molecular flexibility index (Phi) is 5.90. The number of pyridine rings is 2. The molecule has 3 nitrogen and oxygen atoms in total. The molecule has 0 radical (unpaired) electrons. The van der Waals surface area contributed by atoms with Crippen LogP contribution in [0.25, 0.3) is 77.6 Å². The standard InChI is InChI=1S/C40H29N2O/c1-26-20-21-34-33-19-11-18-32(39(33)43-40(34)38(26)37-24-29-16-9-10-17-30(29)25-42(37)2)31-22-35(27-12-5-3-6-13-27)41-36(23-31)28-14-7-4-8-15-28/h3-25H,1-2H3/q+1. The normalized spacial score (nSPS) is 11.5. The number of hydrogen-bond acceptors (Lipinski definition) is 2. The van der Waals surface area contributed by atoms with Crippen molar-refractivity contribution >= 4 is 32.7 Å². The summed E-state index contributed by atoms with van der Waals surface area (Å²) in [7, 11) is 2.11. The van der Waals surface area contributed by atoms with Crippen molar-refractivity contribution in [1.82, 2.24) is 4.98 Å².